The Kier molecular flexibility index (Phi) is 2.49. The third kappa shape index (κ3) is 1.61. The van der Waals surface area contributed by atoms with Crippen LogP contribution >= 0.6 is 11.3 Å². The Labute approximate surface area is 91.6 Å². The molecule has 1 radical (unpaired) electrons. The summed E-state index contributed by atoms with van der Waals surface area (Å²) in [5.74, 6) is 0. The molecule has 0 atom stereocenters. The van der Waals surface area contributed by atoms with Crippen LogP contribution in [0.1, 0.15) is 11.1 Å². The van der Waals surface area contributed by atoms with Crippen LogP contribution in [0, 0.1) is 28.7 Å². The third-order valence-electron chi connectivity index (χ3n) is 2.02. The van der Waals surface area contributed by atoms with E-state index in [0.717, 1.165) is 4.88 Å². The fourth-order valence-electron chi connectivity index (χ4n) is 1.38. The molecular formula is C12H5N2S. The van der Waals surface area contributed by atoms with Crippen molar-refractivity contribution in [3.63, 3.8) is 0 Å². The van der Waals surface area contributed by atoms with Gasteiger partial charge in [0.2, 0.25) is 0 Å². The summed E-state index contributed by atoms with van der Waals surface area (Å²) in [5.41, 5.74) is 1.78. The molecule has 0 fully saturated rings. The molecule has 0 amide bonds. The van der Waals surface area contributed by atoms with Crippen molar-refractivity contribution in [1.29, 1.82) is 10.5 Å². The van der Waals surface area contributed by atoms with E-state index < -0.39 is 0 Å². The Hall–Kier alpha value is -2.10. The molecule has 1 aromatic heterocycles. The summed E-state index contributed by atoms with van der Waals surface area (Å²) >= 11 is 1.48. The highest BCUT2D eigenvalue weighted by Crippen LogP contribution is 2.30. The van der Waals surface area contributed by atoms with Gasteiger partial charge in [0.15, 0.2) is 0 Å². The van der Waals surface area contributed by atoms with Crippen molar-refractivity contribution < 1.29 is 0 Å². The molecule has 0 unspecified atom stereocenters. The smallest absolute Gasteiger partial charge is 0.0998 e. The van der Waals surface area contributed by atoms with Gasteiger partial charge in [-0.25, -0.2) is 0 Å². The van der Waals surface area contributed by atoms with Crippen LogP contribution in [0.4, 0.5) is 0 Å². The van der Waals surface area contributed by atoms with Gasteiger partial charge in [0.25, 0.3) is 0 Å². The van der Waals surface area contributed by atoms with E-state index in [2.05, 4.69) is 18.2 Å². The summed E-state index contributed by atoms with van der Waals surface area (Å²) in [6.45, 7) is 0. The van der Waals surface area contributed by atoms with Crippen LogP contribution in [0.3, 0.4) is 0 Å². The number of thiophene rings is 1. The molecule has 0 saturated carbocycles. The van der Waals surface area contributed by atoms with Crippen molar-refractivity contribution in [3.8, 4) is 22.6 Å². The van der Waals surface area contributed by atoms with E-state index in [9.17, 15) is 0 Å². The second kappa shape index (κ2) is 3.96. The van der Waals surface area contributed by atoms with E-state index >= 15 is 0 Å². The summed E-state index contributed by atoms with van der Waals surface area (Å²) in [6, 6.07) is 14.1. The monoisotopic (exact) mass is 209 g/mol. The van der Waals surface area contributed by atoms with Crippen molar-refractivity contribution >= 4 is 11.3 Å². The summed E-state index contributed by atoms with van der Waals surface area (Å²) < 4.78 is 0. The lowest BCUT2D eigenvalue weighted by Gasteiger charge is -2.02. The number of rotatable bonds is 1. The zero-order chi connectivity index (χ0) is 10.7. The topological polar surface area (TPSA) is 47.6 Å². The van der Waals surface area contributed by atoms with E-state index in [4.69, 9.17) is 10.5 Å². The fraction of sp³-hybridized carbons (Fsp3) is 0. The Balaban J connectivity index is 2.75. The lowest BCUT2D eigenvalue weighted by Crippen LogP contribution is -1.86. The van der Waals surface area contributed by atoms with Crippen LogP contribution < -0.4 is 0 Å². The van der Waals surface area contributed by atoms with Crippen molar-refractivity contribution in [2.24, 2.45) is 0 Å². The largest absolute Gasteiger partial charge is 0.192 e. The van der Waals surface area contributed by atoms with Gasteiger partial charge in [-0.3, -0.25) is 0 Å². The highest BCUT2D eigenvalue weighted by Gasteiger charge is 2.10. The zero-order valence-electron chi connectivity index (χ0n) is 7.69. The molecule has 1 heterocycles. The average Bonchev–Trinajstić information content (AvgIpc) is 2.81. The molecule has 0 N–H and O–H groups in total. The molecular weight excluding hydrogens is 204 g/mol. The second-order valence-electron chi connectivity index (χ2n) is 2.86. The normalized spacial score (nSPS) is 9.20. The Morgan fingerprint density at radius 3 is 2.27 bits per heavy atom. The second-order valence-corrected chi connectivity index (χ2v) is 3.77. The standard InChI is InChI=1S/C12H5N2S/c13-7-9-3-1-4-10(8-14)12(9)11-5-2-6-15-11/h1,3-6H. The molecule has 0 aliphatic carbocycles. The predicted octanol–water partition coefficient (Wildman–Crippen LogP) is 2.96. The molecule has 0 aliphatic rings. The molecule has 3 heteroatoms. The van der Waals surface area contributed by atoms with Crippen molar-refractivity contribution in [3.05, 3.63) is 46.8 Å². The van der Waals surface area contributed by atoms with Gasteiger partial charge in [-0.1, -0.05) is 6.07 Å². The summed E-state index contributed by atoms with van der Waals surface area (Å²) in [4.78, 5) is 0.906. The van der Waals surface area contributed by atoms with Crippen LogP contribution in [-0.2, 0) is 0 Å². The van der Waals surface area contributed by atoms with Gasteiger partial charge in [0, 0.05) is 10.4 Å². The summed E-state index contributed by atoms with van der Waals surface area (Å²) in [6.07, 6.45) is 0. The quantitative estimate of drug-likeness (QED) is 0.724. The first-order valence-electron chi connectivity index (χ1n) is 4.25. The first kappa shape index (κ1) is 9.45. The lowest BCUT2D eigenvalue weighted by atomic mass is 10.0. The number of hydrogen-bond acceptors (Lipinski definition) is 3. The summed E-state index contributed by atoms with van der Waals surface area (Å²) in [5, 5.41) is 19.8. The van der Waals surface area contributed by atoms with E-state index in [-0.39, 0.29) is 0 Å². The molecule has 15 heavy (non-hydrogen) atoms. The van der Waals surface area contributed by atoms with Gasteiger partial charge in [-0.2, -0.15) is 10.5 Å². The van der Waals surface area contributed by atoms with E-state index in [1.807, 2.05) is 5.38 Å². The highest BCUT2D eigenvalue weighted by molar-refractivity contribution is 7.13. The molecule has 2 aromatic rings. The lowest BCUT2D eigenvalue weighted by molar-refractivity contribution is 1.45. The van der Waals surface area contributed by atoms with Crippen molar-refractivity contribution in [2.75, 3.05) is 0 Å². The van der Waals surface area contributed by atoms with E-state index in [0.29, 0.717) is 16.7 Å². The Morgan fingerprint density at radius 2 is 1.80 bits per heavy atom. The van der Waals surface area contributed by atoms with E-state index in [1.165, 1.54) is 11.3 Å². The molecule has 0 saturated heterocycles. The molecule has 69 valence electrons. The van der Waals surface area contributed by atoms with Crippen molar-refractivity contribution in [1.82, 2.24) is 0 Å². The van der Waals surface area contributed by atoms with Crippen LogP contribution in [0.15, 0.2) is 29.6 Å². The third-order valence-corrected chi connectivity index (χ3v) is 2.85. The zero-order valence-corrected chi connectivity index (χ0v) is 8.51. The predicted molar refractivity (Wildman–Crippen MR) is 58.0 cm³/mol. The van der Waals surface area contributed by atoms with Crippen LogP contribution in [0.5, 0.6) is 0 Å². The molecule has 2 nitrogen and oxygen atoms in total. The van der Waals surface area contributed by atoms with Gasteiger partial charge in [-0.15, -0.1) is 11.3 Å². The minimum atomic E-state index is 0.532. The van der Waals surface area contributed by atoms with Crippen LogP contribution in [0.25, 0.3) is 10.4 Å². The number of benzene rings is 1. The van der Waals surface area contributed by atoms with Gasteiger partial charge >= 0.3 is 0 Å². The van der Waals surface area contributed by atoms with Crippen molar-refractivity contribution in [2.45, 2.75) is 0 Å². The number of nitrogens with zero attached hydrogens (tertiary/aromatic N) is 2. The Bertz CT molecular complexity index is 524. The maximum Gasteiger partial charge on any atom is 0.0998 e. The Morgan fingerprint density at radius 1 is 1.13 bits per heavy atom. The maximum absolute atomic E-state index is 8.97. The van der Waals surface area contributed by atoms with Gasteiger partial charge < -0.3 is 0 Å². The highest BCUT2D eigenvalue weighted by atomic mass is 32.1. The molecule has 0 bridgehead atoms. The number of hydrogen-bond donors (Lipinski definition) is 0. The van der Waals surface area contributed by atoms with Crippen LogP contribution in [0.2, 0.25) is 0 Å². The van der Waals surface area contributed by atoms with E-state index in [1.54, 1.807) is 24.3 Å². The molecule has 0 aliphatic heterocycles. The SMILES string of the molecule is N#Cc1cccc(C#N)c1-c1c[c]cs1. The van der Waals surface area contributed by atoms with Gasteiger partial charge in [-0.05, 0) is 29.6 Å². The molecule has 0 spiro atoms. The fourth-order valence-corrected chi connectivity index (χ4v) is 2.11. The van der Waals surface area contributed by atoms with Gasteiger partial charge in [0.1, 0.15) is 0 Å². The minimum Gasteiger partial charge on any atom is -0.192 e. The molecule has 2 rings (SSSR count). The first-order valence-corrected chi connectivity index (χ1v) is 5.13. The minimum absolute atomic E-state index is 0.532. The van der Waals surface area contributed by atoms with Gasteiger partial charge in [0.05, 0.1) is 23.3 Å². The number of nitriles is 2. The van der Waals surface area contributed by atoms with Crippen LogP contribution in [-0.4, -0.2) is 0 Å². The maximum atomic E-state index is 8.97. The first-order chi connectivity index (χ1) is 7.36. The summed E-state index contributed by atoms with van der Waals surface area (Å²) in [7, 11) is 0. The average molecular weight is 209 g/mol. The molecule has 1 aromatic carbocycles.